The Bertz CT molecular complexity index is 888. The van der Waals surface area contributed by atoms with Crippen LogP contribution in [0.25, 0.3) is 0 Å². The number of hydrogen-bond acceptors (Lipinski definition) is 6. The predicted octanol–water partition coefficient (Wildman–Crippen LogP) is 2.43. The molecule has 0 amide bonds. The van der Waals surface area contributed by atoms with E-state index >= 15 is 0 Å². The molecule has 0 radical (unpaired) electrons. The summed E-state index contributed by atoms with van der Waals surface area (Å²) in [4.78, 5) is 11.8. The number of hydrogen-bond donors (Lipinski definition) is 1. The molecule has 0 spiro atoms. The second-order valence-corrected chi connectivity index (χ2v) is 8.70. The summed E-state index contributed by atoms with van der Waals surface area (Å²) in [5, 5.41) is 3.14. The highest BCUT2D eigenvalue weighted by Crippen LogP contribution is 2.32. The van der Waals surface area contributed by atoms with Gasteiger partial charge in [0.05, 0.1) is 13.2 Å². The van der Waals surface area contributed by atoms with Crippen LogP contribution >= 0.6 is 23.7 Å². The number of carbonyl (C=O) groups is 1. The lowest BCUT2D eigenvalue weighted by Crippen LogP contribution is -2.48. The Morgan fingerprint density at radius 1 is 1.35 bits per heavy atom. The van der Waals surface area contributed by atoms with Gasteiger partial charge in [-0.15, -0.1) is 23.7 Å². The second-order valence-electron chi connectivity index (χ2n) is 5.50. The first-order chi connectivity index (χ1) is 11.9. The van der Waals surface area contributed by atoms with Crippen LogP contribution in [-0.4, -0.2) is 45.4 Å². The number of carbonyl (C=O) groups excluding carboxylic acids is 1. The van der Waals surface area contributed by atoms with Crippen molar-refractivity contribution in [3.8, 4) is 0 Å². The number of nitrogens with zero attached hydrogens (tertiary/aromatic N) is 1. The number of ether oxygens (including phenoxy) is 1. The van der Waals surface area contributed by atoms with Gasteiger partial charge in [0.15, 0.2) is 0 Å². The van der Waals surface area contributed by atoms with Gasteiger partial charge in [0.1, 0.15) is 14.9 Å². The van der Waals surface area contributed by atoms with E-state index in [0.717, 1.165) is 11.3 Å². The van der Waals surface area contributed by atoms with Gasteiger partial charge in [-0.05, 0) is 29.8 Å². The van der Waals surface area contributed by atoms with E-state index in [9.17, 15) is 17.6 Å². The normalized spacial score (nSPS) is 18.2. The number of thiophene rings is 1. The Balaban J connectivity index is 0.00000243. The van der Waals surface area contributed by atoms with Gasteiger partial charge in [-0.2, -0.15) is 4.31 Å². The van der Waals surface area contributed by atoms with Crippen LogP contribution in [-0.2, 0) is 14.8 Å². The number of rotatable bonds is 4. The summed E-state index contributed by atoms with van der Waals surface area (Å²) in [5.41, 5.74) is 0.584. The topological polar surface area (TPSA) is 75.7 Å². The highest BCUT2D eigenvalue weighted by molar-refractivity contribution is 7.91. The number of esters is 1. The number of methoxy groups -OCH3 is 1. The number of halogens is 2. The van der Waals surface area contributed by atoms with Crippen molar-refractivity contribution in [2.45, 2.75) is 10.3 Å². The maximum absolute atomic E-state index is 13.6. The lowest BCUT2D eigenvalue weighted by Gasteiger charge is -2.35. The molecule has 3 rings (SSSR count). The summed E-state index contributed by atoms with van der Waals surface area (Å²) in [6.07, 6.45) is 0. The zero-order chi connectivity index (χ0) is 18.0. The molecular formula is C16H18ClFN2O4S2. The quantitative estimate of drug-likeness (QED) is 0.769. The lowest BCUT2D eigenvalue weighted by molar-refractivity contribution is 0.0606. The van der Waals surface area contributed by atoms with E-state index in [1.54, 1.807) is 12.1 Å². The van der Waals surface area contributed by atoms with Crippen molar-refractivity contribution in [2.75, 3.05) is 26.7 Å². The average molecular weight is 421 g/mol. The molecule has 1 aliphatic heterocycles. The van der Waals surface area contributed by atoms with Gasteiger partial charge in [0, 0.05) is 19.6 Å². The molecule has 1 atom stereocenters. The summed E-state index contributed by atoms with van der Waals surface area (Å²) < 4.78 is 45.7. The Hall–Kier alpha value is -1.52. The largest absolute Gasteiger partial charge is 0.465 e. The molecule has 1 N–H and O–H groups in total. The van der Waals surface area contributed by atoms with Crippen LogP contribution in [0.3, 0.4) is 0 Å². The minimum atomic E-state index is -3.81. The molecule has 2 heterocycles. The van der Waals surface area contributed by atoms with Crippen molar-refractivity contribution in [3.05, 3.63) is 52.7 Å². The molecule has 6 nitrogen and oxygen atoms in total. The van der Waals surface area contributed by atoms with Gasteiger partial charge in [-0.1, -0.05) is 12.1 Å². The molecule has 0 saturated carbocycles. The van der Waals surface area contributed by atoms with Gasteiger partial charge < -0.3 is 10.1 Å². The molecule has 0 aliphatic carbocycles. The summed E-state index contributed by atoms with van der Waals surface area (Å²) in [6, 6.07) is 8.25. The fourth-order valence-corrected chi connectivity index (χ4v) is 5.72. The van der Waals surface area contributed by atoms with Gasteiger partial charge >= 0.3 is 5.97 Å². The minimum Gasteiger partial charge on any atom is -0.465 e. The highest BCUT2D eigenvalue weighted by atomic mass is 35.5. The fraction of sp³-hybridized carbons (Fsp3) is 0.312. The van der Waals surface area contributed by atoms with Crippen LogP contribution in [0.5, 0.6) is 0 Å². The van der Waals surface area contributed by atoms with Crippen LogP contribution < -0.4 is 5.32 Å². The van der Waals surface area contributed by atoms with Crippen molar-refractivity contribution in [1.82, 2.24) is 9.62 Å². The third-order valence-corrected chi connectivity index (χ3v) is 7.40. The maximum atomic E-state index is 13.6. The van der Waals surface area contributed by atoms with Crippen LogP contribution in [0.4, 0.5) is 4.39 Å². The van der Waals surface area contributed by atoms with Crippen LogP contribution in [0.15, 0.2) is 40.6 Å². The van der Waals surface area contributed by atoms with Gasteiger partial charge in [-0.3, -0.25) is 0 Å². The van der Waals surface area contributed by atoms with E-state index in [2.05, 4.69) is 10.1 Å². The highest BCUT2D eigenvalue weighted by Gasteiger charge is 2.35. The number of nitrogens with one attached hydrogen (secondary N) is 1. The maximum Gasteiger partial charge on any atom is 0.348 e. The Kier molecular flexibility index (Phi) is 6.75. The number of piperazine rings is 1. The number of sulfonamides is 1. The molecular weight excluding hydrogens is 403 g/mol. The molecule has 26 heavy (non-hydrogen) atoms. The SMILES string of the molecule is COC(=O)c1ccc(S(=O)(=O)N2CCNCC2c2cccc(F)c2)s1.Cl. The molecule has 1 saturated heterocycles. The van der Waals surface area contributed by atoms with E-state index in [0.29, 0.717) is 18.7 Å². The lowest BCUT2D eigenvalue weighted by atomic mass is 10.1. The van der Waals surface area contributed by atoms with Crippen LogP contribution in [0.2, 0.25) is 0 Å². The molecule has 1 unspecified atom stereocenters. The third kappa shape index (κ3) is 4.07. The first-order valence-electron chi connectivity index (χ1n) is 7.59. The first kappa shape index (κ1) is 20.8. The van der Waals surface area contributed by atoms with Crippen LogP contribution in [0.1, 0.15) is 21.3 Å². The average Bonchev–Trinajstić information content (AvgIpc) is 3.12. The van der Waals surface area contributed by atoms with Crippen molar-refractivity contribution >= 4 is 39.7 Å². The van der Waals surface area contributed by atoms with Crippen molar-refractivity contribution in [3.63, 3.8) is 0 Å². The fourth-order valence-electron chi connectivity index (χ4n) is 2.76. The zero-order valence-corrected chi connectivity index (χ0v) is 16.3. The molecule has 1 fully saturated rings. The molecule has 2 aromatic rings. The van der Waals surface area contributed by atoms with E-state index in [1.165, 1.54) is 35.7 Å². The molecule has 1 aromatic heterocycles. The van der Waals surface area contributed by atoms with E-state index < -0.39 is 27.9 Å². The molecule has 142 valence electrons. The molecule has 10 heteroatoms. The molecule has 1 aromatic carbocycles. The summed E-state index contributed by atoms with van der Waals surface area (Å²) >= 11 is 0.868. The number of benzene rings is 1. The Labute approximate surface area is 161 Å². The van der Waals surface area contributed by atoms with E-state index in [4.69, 9.17) is 0 Å². The van der Waals surface area contributed by atoms with Gasteiger partial charge in [0.25, 0.3) is 10.0 Å². The van der Waals surface area contributed by atoms with E-state index in [-0.39, 0.29) is 28.0 Å². The summed E-state index contributed by atoms with van der Waals surface area (Å²) in [5.74, 6) is -0.988. The first-order valence-corrected chi connectivity index (χ1v) is 9.85. The summed E-state index contributed by atoms with van der Waals surface area (Å²) in [6.45, 7) is 1.15. The van der Waals surface area contributed by atoms with Gasteiger partial charge in [-0.25, -0.2) is 17.6 Å². The molecule has 1 aliphatic rings. The molecule has 0 bridgehead atoms. The predicted molar refractivity (Wildman–Crippen MR) is 98.8 cm³/mol. The van der Waals surface area contributed by atoms with Crippen molar-refractivity contribution < 1.29 is 22.3 Å². The minimum absolute atomic E-state index is 0. The Morgan fingerprint density at radius 3 is 2.81 bits per heavy atom. The standard InChI is InChI=1S/C16H17FN2O4S2.ClH/c1-23-16(20)14-5-6-15(24-14)25(21,22)19-8-7-18-10-13(19)11-3-2-4-12(17)9-11;/h2-6,9,13,18H,7-8,10H2,1H3;1H. The Morgan fingerprint density at radius 2 is 2.12 bits per heavy atom. The second kappa shape index (κ2) is 8.45. The smallest absolute Gasteiger partial charge is 0.348 e. The van der Waals surface area contributed by atoms with E-state index in [1.807, 2.05) is 0 Å². The monoisotopic (exact) mass is 420 g/mol. The van der Waals surface area contributed by atoms with Crippen molar-refractivity contribution in [1.29, 1.82) is 0 Å². The van der Waals surface area contributed by atoms with Crippen molar-refractivity contribution in [2.24, 2.45) is 0 Å². The van der Waals surface area contributed by atoms with Crippen LogP contribution in [0, 0.1) is 5.82 Å². The van der Waals surface area contributed by atoms with Gasteiger partial charge in [0.2, 0.25) is 0 Å². The summed E-state index contributed by atoms with van der Waals surface area (Å²) in [7, 11) is -2.57. The zero-order valence-electron chi connectivity index (χ0n) is 13.8. The third-order valence-electron chi connectivity index (χ3n) is 3.96.